The van der Waals surface area contributed by atoms with Gasteiger partial charge in [0.05, 0.1) is 31.5 Å². The van der Waals surface area contributed by atoms with Gasteiger partial charge in [0, 0.05) is 12.6 Å². The van der Waals surface area contributed by atoms with Crippen LogP contribution in [0.25, 0.3) is 0 Å². The molecule has 94 valence electrons. The maximum absolute atomic E-state index is 11.5. The summed E-state index contributed by atoms with van der Waals surface area (Å²) in [4.78, 5) is 13.5. The summed E-state index contributed by atoms with van der Waals surface area (Å²) in [6.45, 7) is 0.780. The fraction of sp³-hybridized carbons (Fsp3) is 0.385. The van der Waals surface area contributed by atoms with E-state index in [1.54, 1.807) is 25.3 Å². The standard InChI is InChI=1S/C13H14N2O3/c1-17-12-7-9(8-14)3-4-10(12)15-6-5-11(15)13(16)18-2/h3-4,7,11H,5-6H2,1-2H3. The molecule has 5 heteroatoms. The predicted molar refractivity (Wildman–Crippen MR) is 65.5 cm³/mol. The molecule has 0 bridgehead atoms. The highest BCUT2D eigenvalue weighted by molar-refractivity contribution is 5.83. The summed E-state index contributed by atoms with van der Waals surface area (Å²) < 4.78 is 10.0. The van der Waals surface area contributed by atoms with Crippen molar-refractivity contribution in [2.45, 2.75) is 12.5 Å². The number of rotatable bonds is 3. The zero-order valence-electron chi connectivity index (χ0n) is 10.3. The van der Waals surface area contributed by atoms with Gasteiger partial charge in [0.1, 0.15) is 11.8 Å². The topological polar surface area (TPSA) is 62.6 Å². The van der Waals surface area contributed by atoms with Crippen LogP contribution in [0.3, 0.4) is 0 Å². The first-order chi connectivity index (χ1) is 8.71. The molecule has 1 saturated heterocycles. The molecule has 1 aliphatic rings. The number of carbonyl (C=O) groups is 1. The molecule has 1 fully saturated rings. The van der Waals surface area contributed by atoms with Gasteiger partial charge >= 0.3 is 5.97 Å². The summed E-state index contributed by atoms with van der Waals surface area (Å²) in [5.41, 5.74) is 1.35. The molecule has 1 unspecified atom stereocenters. The minimum absolute atomic E-state index is 0.243. The third kappa shape index (κ3) is 1.97. The molecule has 2 rings (SSSR count). The van der Waals surface area contributed by atoms with Gasteiger partial charge in [-0.2, -0.15) is 5.26 Å². The molecule has 0 aromatic heterocycles. The highest BCUT2D eigenvalue weighted by atomic mass is 16.5. The van der Waals surface area contributed by atoms with Crippen molar-refractivity contribution in [1.82, 2.24) is 0 Å². The van der Waals surface area contributed by atoms with Crippen molar-refractivity contribution in [3.8, 4) is 11.8 Å². The lowest BCUT2D eigenvalue weighted by Gasteiger charge is -2.41. The summed E-state index contributed by atoms with van der Waals surface area (Å²) in [5, 5.41) is 8.84. The Hall–Kier alpha value is -2.22. The summed E-state index contributed by atoms with van der Waals surface area (Å²) in [6.07, 6.45) is 0.774. The van der Waals surface area contributed by atoms with E-state index in [0.29, 0.717) is 11.3 Å². The van der Waals surface area contributed by atoms with Gasteiger partial charge in [0.15, 0.2) is 0 Å². The van der Waals surface area contributed by atoms with Crippen molar-refractivity contribution in [2.75, 3.05) is 25.7 Å². The lowest BCUT2D eigenvalue weighted by molar-refractivity contribution is -0.143. The number of anilines is 1. The molecular formula is C13H14N2O3. The molecule has 0 amide bonds. The van der Waals surface area contributed by atoms with E-state index in [1.807, 2.05) is 4.90 Å². The SMILES string of the molecule is COC(=O)C1CCN1c1ccc(C#N)cc1OC. The lowest BCUT2D eigenvalue weighted by atomic mass is 10.0. The predicted octanol–water partition coefficient (Wildman–Crippen LogP) is 1.32. The second-order valence-corrected chi connectivity index (χ2v) is 4.02. The Kier molecular flexibility index (Phi) is 3.38. The smallest absolute Gasteiger partial charge is 0.328 e. The van der Waals surface area contributed by atoms with E-state index < -0.39 is 0 Å². The Morgan fingerprint density at radius 3 is 2.78 bits per heavy atom. The molecule has 0 radical (unpaired) electrons. The van der Waals surface area contributed by atoms with E-state index in [0.717, 1.165) is 18.7 Å². The Bertz CT molecular complexity index is 507. The number of esters is 1. The van der Waals surface area contributed by atoms with Crippen molar-refractivity contribution in [3.05, 3.63) is 23.8 Å². The van der Waals surface area contributed by atoms with Gasteiger partial charge in [0.25, 0.3) is 0 Å². The Morgan fingerprint density at radius 1 is 1.50 bits per heavy atom. The van der Waals surface area contributed by atoms with Crippen LogP contribution in [0.15, 0.2) is 18.2 Å². The van der Waals surface area contributed by atoms with E-state index >= 15 is 0 Å². The lowest BCUT2D eigenvalue weighted by Crippen LogP contribution is -2.53. The van der Waals surface area contributed by atoms with Crippen LogP contribution in [0.1, 0.15) is 12.0 Å². The monoisotopic (exact) mass is 246 g/mol. The van der Waals surface area contributed by atoms with Crippen LogP contribution in [0.5, 0.6) is 5.75 Å². The van der Waals surface area contributed by atoms with Gasteiger partial charge in [-0.1, -0.05) is 0 Å². The van der Waals surface area contributed by atoms with E-state index in [2.05, 4.69) is 6.07 Å². The molecule has 1 aromatic rings. The van der Waals surface area contributed by atoms with Crippen molar-refractivity contribution in [3.63, 3.8) is 0 Å². The number of benzene rings is 1. The largest absolute Gasteiger partial charge is 0.495 e. The van der Waals surface area contributed by atoms with Gasteiger partial charge in [0.2, 0.25) is 0 Å². The van der Waals surface area contributed by atoms with Crippen LogP contribution in [-0.2, 0) is 9.53 Å². The molecule has 5 nitrogen and oxygen atoms in total. The highest BCUT2D eigenvalue weighted by Gasteiger charge is 2.36. The van der Waals surface area contributed by atoms with Crippen molar-refractivity contribution in [1.29, 1.82) is 5.26 Å². The van der Waals surface area contributed by atoms with Crippen LogP contribution in [0.4, 0.5) is 5.69 Å². The number of nitriles is 1. The van der Waals surface area contributed by atoms with Gasteiger partial charge in [-0.3, -0.25) is 0 Å². The second kappa shape index (κ2) is 4.96. The molecular weight excluding hydrogens is 232 g/mol. The molecule has 1 heterocycles. The highest BCUT2D eigenvalue weighted by Crippen LogP contribution is 2.35. The van der Waals surface area contributed by atoms with E-state index in [4.69, 9.17) is 14.7 Å². The average molecular weight is 246 g/mol. The average Bonchev–Trinajstić information content (AvgIpc) is 2.37. The zero-order chi connectivity index (χ0) is 13.1. The van der Waals surface area contributed by atoms with E-state index in [1.165, 1.54) is 7.11 Å². The van der Waals surface area contributed by atoms with Crippen LogP contribution in [0, 0.1) is 11.3 Å². The Morgan fingerprint density at radius 2 is 2.28 bits per heavy atom. The summed E-state index contributed by atoms with van der Waals surface area (Å²) >= 11 is 0. The molecule has 1 atom stereocenters. The Balaban J connectivity index is 2.29. The molecule has 0 saturated carbocycles. The molecule has 18 heavy (non-hydrogen) atoms. The number of nitrogens with zero attached hydrogens (tertiary/aromatic N) is 2. The molecule has 0 spiro atoms. The zero-order valence-corrected chi connectivity index (χ0v) is 10.3. The number of methoxy groups -OCH3 is 2. The summed E-state index contributed by atoms with van der Waals surface area (Å²) in [7, 11) is 2.93. The van der Waals surface area contributed by atoms with Gasteiger partial charge < -0.3 is 14.4 Å². The maximum atomic E-state index is 11.5. The van der Waals surface area contributed by atoms with Crippen molar-refractivity contribution in [2.24, 2.45) is 0 Å². The summed E-state index contributed by atoms with van der Waals surface area (Å²) in [5.74, 6) is 0.357. The fourth-order valence-corrected chi connectivity index (χ4v) is 2.04. The van der Waals surface area contributed by atoms with Gasteiger partial charge in [-0.15, -0.1) is 0 Å². The van der Waals surface area contributed by atoms with Crippen LogP contribution >= 0.6 is 0 Å². The minimum atomic E-state index is -0.253. The molecule has 1 aliphatic heterocycles. The molecule has 0 N–H and O–H groups in total. The van der Waals surface area contributed by atoms with Crippen molar-refractivity contribution < 1.29 is 14.3 Å². The van der Waals surface area contributed by atoms with E-state index in [-0.39, 0.29) is 12.0 Å². The summed E-state index contributed by atoms with van der Waals surface area (Å²) in [6, 6.07) is 6.99. The van der Waals surface area contributed by atoms with E-state index in [9.17, 15) is 4.79 Å². The first kappa shape index (κ1) is 12.2. The number of carbonyl (C=O) groups excluding carboxylic acids is 1. The third-order valence-electron chi connectivity index (χ3n) is 3.11. The van der Waals surface area contributed by atoms with Crippen LogP contribution in [-0.4, -0.2) is 32.8 Å². The van der Waals surface area contributed by atoms with Gasteiger partial charge in [-0.05, 0) is 18.6 Å². The number of ether oxygens (including phenoxy) is 2. The second-order valence-electron chi connectivity index (χ2n) is 4.02. The van der Waals surface area contributed by atoms with Crippen molar-refractivity contribution >= 4 is 11.7 Å². The van der Waals surface area contributed by atoms with Crippen LogP contribution in [0.2, 0.25) is 0 Å². The number of hydrogen-bond acceptors (Lipinski definition) is 5. The van der Waals surface area contributed by atoms with Crippen LogP contribution < -0.4 is 9.64 Å². The normalized spacial score (nSPS) is 17.6. The third-order valence-corrected chi connectivity index (χ3v) is 3.11. The first-order valence-corrected chi connectivity index (χ1v) is 5.64. The first-order valence-electron chi connectivity index (χ1n) is 5.64. The maximum Gasteiger partial charge on any atom is 0.328 e. The fourth-order valence-electron chi connectivity index (χ4n) is 2.04. The van der Waals surface area contributed by atoms with Gasteiger partial charge in [-0.25, -0.2) is 4.79 Å². The minimum Gasteiger partial charge on any atom is -0.495 e. The molecule has 1 aromatic carbocycles. The quantitative estimate of drug-likeness (QED) is 0.753. The number of hydrogen-bond donors (Lipinski definition) is 0. The Labute approximate surface area is 106 Å². The molecule has 0 aliphatic carbocycles.